The van der Waals surface area contributed by atoms with Crippen molar-refractivity contribution in [2.45, 2.75) is 20.8 Å². The fourth-order valence-electron chi connectivity index (χ4n) is 1.87. The minimum Gasteiger partial charge on any atom is -0.493 e. The van der Waals surface area contributed by atoms with E-state index in [1.807, 2.05) is 13.8 Å². The highest BCUT2D eigenvalue weighted by Gasteiger charge is 2.26. The Morgan fingerprint density at radius 3 is 2.48 bits per heavy atom. The van der Waals surface area contributed by atoms with E-state index in [1.54, 1.807) is 6.92 Å². The molecule has 0 spiro atoms. The van der Waals surface area contributed by atoms with E-state index in [-0.39, 0.29) is 29.6 Å². The van der Waals surface area contributed by atoms with Crippen molar-refractivity contribution in [2.24, 2.45) is 5.92 Å². The molecule has 1 rings (SSSR count). The molecule has 0 unspecified atom stereocenters. The fourth-order valence-corrected chi connectivity index (χ4v) is 1.87. The molecule has 138 valence electrons. The van der Waals surface area contributed by atoms with Gasteiger partial charge in [-0.15, -0.1) is 0 Å². The highest BCUT2D eigenvalue weighted by atomic mass is 16.6. The molecule has 1 amide bonds. The van der Waals surface area contributed by atoms with Gasteiger partial charge in [0, 0.05) is 12.6 Å². The zero-order valence-electron chi connectivity index (χ0n) is 14.7. The van der Waals surface area contributed by atoms with Gasteiger partial charge in [0.25, 0.3) is 11.6 Å². The van der Waals surface area contributed by atoms with Crippen molar-refractivity contribution in [2.75, 3.05) is 26.9 Å². The largest absolute Gasteiger partial charge is 0.493 e. The van der Waals surface area contributed by atoms with Gasteiger partial charge in [0.1, 0.15) is 5.56 Å². The van der Waals surface area contributed by atoms with Crippen LogP contribution in [-0.4, -0.2) is 43.7 Å². The van der Waals surface area contributed by atoms with Crippen molar-refractivity contribution in [1.82, 2.24) is 5.32 Å². The second kappa shape index (κ2) is 9.45. The van der Waals surface area contributed by atoms with Gasteiger partial charge in [-0.05, 0) is 12.8 Å². The highest BCUT2D eigenvalue weighted by Crippen LogP contribution is 2.35. The molecule has 0 atom stereocenters. The molecule has 0 fully saturated rings. The van der Waals surface area contributed by atoms with Crippen LogP contribution in [-0.2, 0) is 9.53 Å². The van der Waals surface area contributed by atoms with E-state index in [0.29, 0.717) is 6.54 Å². The van der Waals surface area contributed by atoms with Gasteiger partial charge in [-0.3, -0.25) is 14.9 Å². The van der Waals surface area contributed by atoms with Crippen LogP contribution in [0.25, 0.3) is 0 Å². The van der Waals surface area contributed by atoms with Crippen molar-refractivity contribution in [3.05, 3.63) is 27.8 Å². The maximum atomic E-state index is 12.2. The van der Waals surface area contributed by atoms with Crippen LogP contribution in [0.5, 0.6) is 11.5 Å². The first-order valence-electron chi connectivity index (χ1n) is 7.73. The Bertz CT molecular complexity index is 644. The van der Waals surface area contributed by atoms with E-state index in [0.717, 1.165) is 6.07 Å². The Morgan fingerprint density at radius 1 is 1.28 bits per heavy atom. The van der Waals surface area contributed by atoms with E-state index in [4.69, 9.17) is 14.2 Å². The predicted molar refractivity (Wildman–Crippen MR) is 88.9 cm³/mol. The van der Waals surface area contributed by atoms with Gasteiger partial charge in [-0.1, -0.05) is 13.8 Å². The molecule has 9 nitrogen and oxygen atoms in total. The Hall–Kier alpha value is -2.84. The summed E-state index contributed by atoms with van der Waals surface area (Å²) in [7, 11) is 1.33. The number of carbonyl (C=O) groups excluding carboxylic acids is 2. The first-order chi connectivity index (χ1) is 11.8. The number of ether oxygens (including phenoxy) is 3. The van der Waals surface area contributed by atoms with E-state index in [9.17, 15) is 19.7 Å². The summed E-state index contributed by atoms with van der Waals surface area (Å²) < 4.78 is 15.2. The molecule has 0 aromatic heterocycles. The minimum atomic E-state index is -0.991. The summed E-state index contributed by atoms with van der Waals surface area (Å²) in [6.07, 6.45) is 0. The SMILES string of the molecule is CCOc1cc(C(=O)OCC(=O)NCC(C)C)c([N+](=O)[O-])cc1OC. The quantitative estimate of drug-likeness (QED) is 0.409. The lowest BCUT2D eigenvalue weighted by Gasteiger charge is -2.12. The van der Waals surface area contributed by atoms with Crippen molar-refractivity contribution in [1.29, 1.82) is 0 Å². The first kappa shape index (κ1) is 20.2. The lowest BCUT2D eigenvalue weighted by molar-refractivity contribution is -0.385. The van der Waals surface area contributed by atoms with Gasteiger partial charge in [-0.2, -0.15) is 0 Å². The number of benzene rings is 1. The molecule has 0 heterocycles. The monoisotopic (exact) mass is 354 g/mol. The Morgan fingerprint density at radius 2 is 1.96 bits per heavy atom. The van der Waals surface area contributed by atoms with Crippen molar-refractivity contribution < 1.29 is 28.7 Å². The third kappa shape index (κ3) is 5.94. The minimum absolute atomic E-state index is 0.125. The summed E-state index contributed by atoms with van der Waals surface area (Å²) >= 11 is 0. The van der Waals surface area contributed by atoms with E-state index in [1.165, 1.54) is 13.2 Å². The first-order valence-corrected chi connectivity index (χ1v) is 7.73. The zero-order chi connectivity index (χ0) is 19.0. The summed E-state index contributed by atoms with van der Waals surface area (Å²) in [4.78, 5) is 34.2. The molecule has 0 aliphatic rings. The van der Waals surface area contributed by atoms with Crippen molar-refractivity contribution >= 4 is 17.6 Å². The van der Waals surface area contributed by atoms with Crippen LogP contribution in [0.15, 0.2) is 12.1 Å². The van der Waals surface area contributed by atoms with Gasteiger partial charge < -0.3 is 19.5 Å². The molecule has 0 bridgehead atoms. The average Bonchev–Trinajstić information content (AvgIpc) is 2.57. The summed E-state index contributed by atoms with van der Waals surface area (Å²) in [5.74, 6) is -0.930. The van der Waals surface area contributed by atoms with Crippen LogP contribution in [0.4, 0.5) is 5.69 Å². The highest BCUT2D eigenvalue weighted by molar-refractivity contribution is 5.96. The van der Waals surface area contributed by atoms with E-state index < -0.39 is 29.1 Å². The second-order valence-electron chi connectivity index (χ2n) is 5.48. The predicted octanol–water partition coefficient (Wildman–Crippen LogP) is 1.93. The number of hydrogen-bond acceptors (Lipinski definition) is 7. The second-order valence-corrected chi connectivity index (χ2v) is 5.48. The maximum absolute atomic E-state index is 12.2. The average molecular weight is 354 g/mol. The molecule has 25 heavy (non-hydrogen) atoms. The Kier molecular flexibility index (Phi) is 7.64. The zero-order valence-corrected chi connectivity index (χ0v) is 14.7. The Balaban J connectivity index is 2.97. The fraction of sp³-hybridized carbons (Fsp3) is 0.500. The molecule has 0 aliphatic carbocycles. The molecule has 1 aromatic carbocycles. The molecule has 0 saturated heterocycles. The summed E-state index contributed by atoms with van der Waals surface area (Å²) in [5.41, 5.74) is -0.807. The van der Waals surface area contributed by atoms with Gasteiger partial charge in [-0.25, -0.2) is 4.79 Å². The van der Waals surface area contributed by atoms with Gasteiger partial charge in [0.15, 0.2) is 18.1 Å². The molecule has 0 radical (unpaired) electrons. The lowest BCUT2D eigenvalue weighted by Crippen LogP contribution is -2.31. The molecular formula is C16H22N2O7. The van der Waals surface area contributed by atoms with Crippen molar-refractivity contribution in [3.63, 3.8) is 0 Å². The third-order valence-corrected chi connectivity index (χ3v) is 3.04. The van der Waals surface area contributed by atoms with Crippen LogP contribution >= 0.6 is 0 Å². The number of esters is 1. The molecule has 1 aromatic rings. The van der Waals surface area contributed by atoms with Gasteiger partial charge in [0.05, 0.1) is 24.7 Å². The molecule has 0 saturated carbocycles. The van der Waals surface area contributed by atoms with Crippen molar-refractivity contribution in [3.8, 4) is 11.5 Å². The summed E-state index contributed by atoms with van der Waals surface area (Å²) in [5, 5.41) is 13.8. The van der Waals surface area contributed by atoms with Gasteiger partial charge in [0.2, 0.25) is 0 Å². The number of nitro groups is 1. The number of amides is 1. The van der Waals surface area contributed by atoms with Gasteiger partial charge >= 0.3 is 5.97 Å². The van der Waals surface area contributed by atoms with E-state index in [2.05, 4.69) is 5.32 Å². The summed E-state index contributed by atoms with van der Waals surface area (Å²) in [6, 6.07) is 2.26. The van der Waals surface area contributed by atoms with E-state index >= 15 is 0 Å². The Labute approximate surface area is 145 Å². The number of nitrogens with one attached hydrogen (secondary N) is 1. The van der Waals surface area contributed by atoms with Crippen LogP contribution < -0.4 is 14.8 Å². The van der Waals surface area contributed by atoms with Crippen LogP contribution in [0, 0.1) is 16.0 Å². The van der Waals surface area contributed by atoms with Crippen LogP contribution in [0.1, 0.15) is 31.1 Å². The topological polar surface area (TPSA) is 117 Å². The number of nitrogens with zero attached hydrogens (tertiary/aromatic N) is 1. The van der Waals surface area contributed by atoms with Crippen LogP contribution in [0.2, 0.25) is 0 Å². The standard InChI is InChI=1S/C16H22N2O7/c1-5-24-14-6-11(12(18(21)22)7-13(14)23-4)16(20)25-9-15(19)17-8-10(2)3/h6-7,10H,5,8-9H2,1-4H3,(H,17,19). The maximum Gasteiger partial charge on any atom is 0.345 e. The number of carbonyl (C=O) groups is 2. The number of methoxy groups -OCH3 is 1. The number of rotatable bonds is 9. The molecule has 1 N–H and O–H groups in total. The summed E-state index contributed by atoms with van der Waals surface area (Å²) in [6.45, 7) is 5.75. The lowest BCUT2D eigenvalue weighted by atomic mass is 10.1. The molecule has 9 heteroatoms. The molecule has 0 aliphatic heterocycles. The number of hydrogen-bond donors (Lipinski definition) is 1. The van der Waals surface area contributed by atoms with Crippen LogP contribution in [0.3, 0.4) is 0 Å². The third-order valence-electron chi connectivity index (χ3n) is 3.04. The molecular weight excluding hydrogens is 332 g/mol. The number of nitro benzene ring substituents is 1. The smallest absolute Gasteiger partial charge is 0.345 e. The normalized spacial score (nSPS) is 10.3.